The smallest absolute Gasteiger partial charge is 0.103 e. The second-order valence-electron chi connectivity index (χ2n) is 5.40. The van der Waals surface area contributed by atoms with E-state index in [1.54, 1.807) is 4.52 Å². The van der Waals surface area contributed by atoms with E-state index in [9.17, 15) is 5.21 Å². The van der Waals surface area contributed by atoms with Gasteiger partial charge in [-0.1, -0.05) is 48.8 Å². The molecule has 0 aliphatic carbocycles. The van der Waals surface area contributed by atoms with Crippen molar-refractivity contribution in [3.8, 4) is 11.3 Å². The molecule has 1 N–H and O–H groups in total. The Morgan fingerprint density at radius 2 is 1.91 bits per heavy atom. The van der Waals surface area contributed by atoms with Crippen molar-refractivity contribution in [2.75, 3.05) is 0 Å². The summed E-state index contributed by atoms with van der Waals surface area (Å²) in [6.45, 7) is 3.99. The molecule has 2 aromatic heterocycles. The predicted octanol–water partition coefficient (Wildman–Crippen LogP) is 4.49. The van der Waals surface area contributed by atoms with Gasteiger partial charge in [0.15, 0.2) is 0 Å². The minimum absolute atomic E-state index is 0.0734. The summed E-state index contributed by atoms with van der Waals surface area (Å²) in [7, 11) is 0. The van der Waals surface area contributed by atoms with Crippen molar-refractivity contribution in [3.63, 3.8) is 0 Å². The number of pyridine rings is 1. The Morgan fingerprint density at radius 3 is 2.55 bits per heavy atom. The number of oxime groups is 1. The van der Waals surface area contributed by atoms with E-state index in [4.69, 9.17) is 11.6 Å². The normalized spacial score (nSPS) is 12.3. The monoisotopic (exact) mass is 313 g/mol. The van der Waals surface area contributed by atoms with Gasteiger partial charge in [0.25, 0.3) is 0 Å². The third-order valence-corrected chi connectivity index (χ3v) is 3.82. The van der Waals surface area contributed by atoms with E-state index in [0.29, 0.717) is 10.7 Å². The molecule has 4 nitrogen and oxygen atoms in total. The maximum absolute atomic E-state index is 9.47. The minimum atomic E-state index is 0.0734. The van der Waals surface area contributed by atoms with Crippen LogP contribution in [-0.2, 0) is 0 Å². The second kappa shape index (κ2) is 5.81. The number of fused-ring (bicyclic) bond motifs is 1. The van der Waals surface area contributed by atoms with Crippen molar-refractivity contribution in [2.45, 2.75) is 13.8 Å². The lowest BCUT2D eigenvalue weighted by Crippen LogP contribution is -2.10. The molecule has 0 radical (unpaired) electrons. The lowest BCUT2D eigenvalue weighted by atomic mass is 9.96. The van der Waals surface area contributed by atoms with Crippen LogP contribution in [-0.4, -0.2) is 20.5 Å². The molecule has 0 bridgehead atoms. The fraction of sp³-hybridized carbons (Fsp3) is 0.176. The molecule has 0 amide bonds. The Morgan fingerprint density at radius 1 is 1.18 bits per heavy atom. The Kier molecular flexibility index (Phi) is 3.86. The summed E-state index contributed by atoms with van der Waals surface area (Å²) in [5, 5.41) is 18.3. The number of rotatable bonds is 3. The molecule has 112 valence electrons. The van der Waals surface area contributed by atoms with Crippen molar-refractivity contribution < 1.29 is 5.21 Å². The van der Waals surface area contributed by atoms with Gasteiger partial charge in [0.1, 0.15) is 5.69 Å². The Balaban J connectivity index is 2.32. The molecule has 0 unspecified atom stereocenters. The van der Waals surface area contributed by atoms with Gasteiger partial charge in [0.2, 0.25) is 0 Å². The van der Waals surface area contributed by atoms with Crippen LogP contribution >= 0.6 is 11.6 Å². The molecule has 22 heavy (non-hydrogen) atoms. The number of hydrogen-bond acceptors (Lipinski definition) is 3. The second-order valence-corrected chi connectivity index (χ2v) is 5.84. The molecule has 1 aromatic carbocycles. The first-order valence-corrected chi connectivity index (χ1v) is 7.45. The zero-order chi connectivity index (χ0) is 15.7. The number of hydrogen-bond donors (Lipinski definition) is 1. The number of nitrogens with zero attached hydrogens (tertiary/aromatic N) is 3. The van der Waals surface area contributed by atoms with Crippen LogP contribution in [0.5, 0.6) is 0 Å². The minimum Gasteiger partial charge on any atom is -0.411 e. The molecule has 0 spiro atoms. The van der Waals surface area contributed by atoms with E-state index in [1.165, 1.54) is 0 Å². The third-order valence-electron chi connectivity index (χ3n) is 3.57. The summed E-state index contributed by atoms with van der Waals surface area (Å²) in [5.74, 6) is 0.0734. The SMILES string of the molecule is CC(C)/C(=N\O)c1c(-c2ccc(Cl)cc2)nn2ccccc12. The summed E-state index contributed by atoms with van der Waals surface area (Å²) in [6.07, 6.45) is 1.88. The fourth-order valence-electron chi connectivity index (χ4n) is 2.52. The quantitative estimate of drug-likeness (QED) is 0.440. The zero-order valence-corrected chi connectivity index (χ0v) is 13.1. The van der Waals surface area contributed by atoms with E-state index in [2.05, 4.69) is 10.3 Å². The van der Waals surface area contributed by atoms with Gasteiger partial charge in [0.05, 0.1) is 16.8 Å². The maximum Gasteiger partial charge on any atom is 0.103 e. The van der Waals surface area contributed by atoms with Gasteiger partial charge in [0, 0.05) is 16.8 Å². The first-order chi connectivity index (χ1) is 10.6. The average molecular weight is 314 g/mol. The molecule has 0 aliphatic rings. The maximum atomic E-state index is 9.47. The average Bonchev–Trinajstić information content (AvgIpc) is 2.88. The van der Waals surface area contributed by atoms with Gasteiger partial charge >= 0.3 is 0 Å². The van der Waals surface area contributed by atoms with Crippen LogP contribution in [0.4, 0.5) is 0 Å². The Hall–Kier alpha value is -2.33. The molecule has 0 aliphatic heterocycles. The molecular weight excluding hydrogens is 298 g/mol. The molecule has 2 heterocycles. The largest absolute Gasteiger partial charge is 0.411 e. The molecule has 0 fully saturated rings. The first kappa shape index (κ1) is 14.6. The van der Waals surface area contributed by atoms with Crippen molar-refractivity contribution in [1.29, 1.82) is 0 Å². The van der Waals surface area contributed by atoms with E-state index < -0.39 is 0 Å². The van der Waals surface area contributed by atoms with Gasteiger partial charge in [-0.05, 0) is 30.2 Å². The topological polar surface area (TPSA) is 49.9 Å². The van der Waals surface area contributed by atoms with Gasteiger partial charge < -0.3 is 5.21 Å². The fourth-order valence-corrected chi connectivity index (χ4v) is 2.64. The summed E-state index contributed by atoms with van der Waals surface area (Å²) < 4.78 is 1.80. The Labute approximate surface area is 133 Å². The number of aromatic nitrogens is 2. The number of benzene rings is 1. The highest BCUT2D eigenvalue weighted by atomic mass is 35.5. The van der Waals surface area contributed by atoms with E-state index in [1.807, 2.05) is 62.5 Å². The van der Waals surface area contributed by atoms with Gasteiger partial charge in [-0.15, -0.1) is 0 Å². The van der Waals surface area contributed by atoms with E-state index in [0.717, 1.165) is 22.3 Å². The summed E-state index contributed by atoms with van der Waals surface area (Å²) in [5.41, 5.74) is 4.09. The first-order valence-electron chi connectivity index (χ1n) is 7.07. The van der Waals surface area contributed by atoms with Gasteiger partial charge in [-0.3, -0.25) is 0 Å². The van der Waals surface area contributed by atoms with Crippen molar-refractivity contribution in [1.82, 2.24) is 9.61 Å². The summed E-state index contributed by atoms with van der Waals surface area (Å²) >= 11 is 5.97. The molecule has 3 aromatic rings. The zero-order valence-electron chi connectivity index (χ0n) is 12.4. The third kappa shape index (κ3) is 2.46. The van der Waals surface area contributed by atoms with E-state index >= 15 is 0 Å². The molecular formula is C17H16ClN3O. The van der Waals surface area contributed by atoms with Crippen LogP contribution in [0, 0.1) is 5.92 Å². The highest BCUT2D eigenvalue weighted by molar-refractivity contribution is 6.30. The van der Waals surface area contributed by atoms with Crippen LogP contribution in [0.1, 0.15) is 19.4 Å². The summed E-state index contributed by atoms with van der Waals surface area (Å²) in [4.78, 5) is 0. The van der Waals surface area contributed by atoms with Crippen molar-refractivity contribution >= 4 is 22.8 Å². The molecule has 0 saturated heterocycles. The predicted molar refractivity (Wildman–Crippen MR) is 88.8 cm³/mol. The van der Waals surface area contributed by atoms with Crippen molar-refractivity contribution in [3.05, 3.63) is 59.2 Å². The van der Waals surface area contributed by atoms with Crippen molar-refractivity contribution in [2.24, 2.45) is 11.1 Å². The van der Waals surface area contributed by atoms with Crippen LogP contribution in [0.25, 0.3) is 16.8 Å². The van der Waals surface area contributed by atoms with Gasteiger partial charge in [-0.25, -0.2) is 4.52 Å². The molecule has 5 heteroatoms. The lowest BCUT2D eigenvalue weighted by Gasteiger charge is -2.09. The highest BCUT2D eigenvalue weighted by Crippen LogP contribution is 2.29. The number of halogens is 1. The molecule has 0 atom stereocenters. The standard InChI is InChI=1S/C17H16ClN3O/c1-11(2)16(20-22)15-14-5-3-4-10-21(14)19-17(15)12-6-8-13(18)9-7-12/h3-11,22H,1-2H3/b20-16+. The molecule has 3 rings (SSSR count). The van der Waals surface area contributed by atoms with Crippen LogP contribution < -0.4 is 0 Å². The highest BCUT2D eigenvalue weighted by Gasteiger charge is 2.21. The summed E-state index contributed by atoms with van der Waals surface area (Å²) in [6, 6.07) is 13.3. The van der Waals surface area contributed by atoms with E-state index in [-0.39, 0.29) is 5.92 Å². The van der Waals surface area contributed by atoms with Crippen LogP contribution in [0.3, 0.4) is 0 Å². The molecule has 0 saturated carbocycles. The Bertz CT molecular complexity index is 835. The van der Waals surface area contributed by atoms with Crippen LogP contribution in [0.2, 0.25) is 5.02 Å². The van der Waals surface area contributed by atoms with Crippen LogP contribution in [0.15, 0.2) is 53.8 Å². The van der Waals surface area contributed by atoms with Gasteiger partial charge in [-0.2, -0.15) is 5.10 Å². The lowest BCUT2D eigenvalue weighted by molar-refractivity contribution is 0.316.